The second-order valence-electron chi connectivity index (χ2n) is 5.12. The number of benzene rings is 2. The Hall–Kier alpha value is -1.03. The van der Waals surface area contributed by atoms with Crippen LogP contribution in [0.25, 0.3) is 0 Å². The van der Waals surface area contributed by atoms with Crippen LogP contribution in [0, 0.1) is 13.8 Å². The van der Waals surface area contributed by atoms with Gasteiger partial charge in [0.2, 0.25) is 0 Å². The van der Waals surface area contributed by atoms with Crippen molar-refractivity contribution in [1.82, 2.24) is 5.32 Å². The molecule has 0 atom stereocenters. The largest absolute Gasteiger partial charge is 0.488 e. The smallest absolute Gasteiger partial charge is 0.127 e. The zero-order valence-corrected chi connectivity index (χ0v) is 14.8. The van der Waals surface area contributed by atoms with Crippen LogP contribution in [0.5, 0.6) is 5.75 Å². The summed E-state index contributed by atoms with van der Waals surface area (Å²) in [6.45, 7) is 5.31. The van der Waals surface area contributed by atoms with E-state index in [0.717, 1.165) is 44.0 Å². The lowest BCUT2D eigenvalue weighted by Crippen LogP contribution is -2.09. The first-order valence-corrected chi connectivity index (χ1v) is 8.00. The zero-order chi connectivity index (χ0) is 15.4. The Morgan fingerprint density at radius 2 is 1.90 bits per heavy atom. The lowest BCUT2D eigenvalue weighted by atomic mass is 10.1. The maximum absolute atomic E-state index is 6.26. The van der Waals surface area contributed by atoms with Gasteiger partial charge in [-0.25, -0.2) is 0 Å². The Labute approximate surface area is 139 Å². The highest BCUT2D eigenvalue weighted by molar-refractivity contribution is 9.10. The third kappa shape index (κ3) is 4.22. The molecule has 2 aromatic rings. The Morgan fingerprint density at radius 3 is 2.57 bits per heavy atom. The van der Waals surface area contributed by atoms with Crippen LogP contribution in [0.2, 0.25) is 5.02 Å². The van der Waals surface area contributed by atoms with Crippen LogP contribution in [-0.2, 0) is 13.2 Å². The molecule has 0 saturated heterocycles. The summed E-state index contributed by atoms with van der Waals surface area (Å²) in [5, 5.41) is 3.92. The molecule has 2 aromatic carbocycles. The average Bonchev–Trinajstić information content (AvgIpc) is 2.40. The van der Waals surface area contributed by atoms with Gasteiger partial charge in [-0.1, -0.05) is 39.7 Å². The molecule has 0 amide bonds. The maximum atomic E-state index is 6.26. The first kappa shape index (κ1) is 16.3. The molecule has 0 fully saturated rings. The second kappa shape index (κ2) is 7.30. The maximum Gasteiger partial charge on any atom is 0.127 e. The van der Waals surface area contributed by atoms with E-state index in [2.05, 4.69) is 40.3 Å². The molecule has 0 aliphatic heterocycles. The molecule has 0 aromatic heterocycles. The molecule has 0 spiro atoms. The van der Waals surface area contributed by atoms with Crippen molar-refractivity contribution in [2.24, 2.45) is 0 Å². The van der Waals surface area contributed by atoms with Crippen molar-refractivity contribution in [2.45, 2.75) is 27.0 Å². The van der Waals surface area contributed by atoms with Gasteiger partial charge in [0.1, 0.15) is 12.4 Å². The van der Waals surface area contributed by atoms with Crippen LogP contribution in [0.1, 0.15) is 22.3 Å². The van der Waals surface area contributed by atoms with E-state index in [-0.39, 0.29) is 0 Å². The molecule has 2 nitrogen and oxygen atoms in total. The quantitative estimate of drug-likeness (QED) is 0.800. The van der Waals surface area contributed by atoms with Crippen LogP contribution < -0.4 is 10.1 Å². The van der Waals surface area contributed by atoms with Crippen molar-refractivity contribution in [2.75, 3.05) is 7.05 Å². The van der Waals surface area contributed by atoms with Gasteiger partial charge in [0.05, 0.1) is 0 Å². The van der Waals surface area contributed by atoms with Crippen LogP contribution >= 0.6 is 27.5 Å². The van der Waals surface area contributed by atoms with E-state index in [0.29, 0.717) is 6.61 Å². The second-order valence-corrected chi connectivity index (χ2v) is 6.45. The van der Waals surface area contributed by atoms with Gasteiger partial charge in [-0.3, -0.25) is 0 Å². The van der Waals surface area contributed by atoms with Gasteiger partial charge in [-0.15, -0.1) is 0 Å². The molecule has 4 heteroatoms. The summed E-state index contributed by atoms with van der Waals surface area (Å²) in [4.78, 5) is 0. The third-order valence-electron chi connectivity index (χ3n) is 3.26. The summed E-state index contributed by atoms with van der Waals surface area (Å²) in [7, 11) is 1.93. The molecule has 0 bridgehead atoms. The Morgan fingerprint density at radius 1 is 1.14 bits per heavy atom. The standard InChI is InChI=1S/C17H19BrClNO/c1-11-4-5-13(16(19)6-11)10-21-17-12(2)7-15(18)8-14(17)9-20-3/h4-8,20H,9-10H2,1-3H3. The van der Waals surface area contributed by atoms with Crippen molar-refractivity contribution in [3.63, 3.8) is 0 Å². The summed E-state index contributed by atoms with van der Waals surface area (Å²) in [6.07, 6.45) is 0. The number of ether oxygens (including phenoxy) is 1. The van der Waals surface area contributed by atoms with Crippen molar-refractivity contribution >= 4 is 27.5 Å². The highest BCUT2D eigenvalue weighted by atomic mass is 79.9. The predicted molar refractivity (Wildman–Crippen MR) is 92.2 cm³/mol. The van der Waals surface area contributed by atoms with E-state index in [1.165, 1.54) is 0 Å². The van der Waals surface area contributed by atoms with Gasteiger partial charge < -0.3 is 10.1 Å². The van der Waals surface area contributed by atoms with Gasteiger partial charge in [-0.05, 0) is 50.2 Å². The van der Waals surface area contributed by atoms with Gasteiger partial charge in [-0.2, -0.15) is 0 Å². The first-order chi connectivity index (χ1) is 10.0. The van der Waals surface area contributed by atoms with Crippen LogP contribution in [-0.4, -0.2) is 7.05 Å². The van der Waals surface area contributed by atoms with E-state index in [9.17, 15) is 0 Å². The highest BCUT2D eigenvalue weighted by Crippen LogP contribution is 2.29. The third-order valence-corrected chi connectivity index (χ3v) is 4.07. The monoisotopic (exact) mass is 367 g/mol. The molecule has 0 radical (unpaired) electrons. The molecular weight excluding hydrogens is 350 g/mol. The van der Waals surface area contributed by atoms with Gasteiger partial charge in [0, 0.05) is 27.2 Å². The van der Waals surface area contributed by atoms with Crippen molar-refractivity contribution in [1.29, 1.82) is 0 Å². The van der Waals surface area contributed by atoms with E-state index < -0.39 is 0 Å². The Kier molecular flexibility index (Phi) is 5.68. The molecule has 0 unspecified atom stereocenters. The highest BCUT2D eigenvalue weighted by Gasteiger charge is 2.10. The molecule has 0 aliphatic rings. The number of aryl methyl sites for hydroxylation is 2. The minimum Gasteiger partial charge on any atom is -0.488 e. The normalized spacial score (nSPS) is 10.7. The number of halogens is 2. The van der Waals surface area contributed by atoms with E-state index >= 15 is 0 Å². The first-order valence-electron chi connectivity index (χ1n) is 6.82. The molecular formula is C17H19BrClNO. The summed E-state index contributed by atoms with van der Waals surface area (Å²) in [5.74, 6) is 0.921. The fraction of sp³-hybridized carbons (Fsp3) is 0.294. The lowest BCUT2D eigenvalue weighted by molar-refractivity contribution is 0.300. The minimum absolute atomic E-state index is 0.471. The molecule has 21 heavy (non-hydrogen) atoms. The number of nitrogens with one attached hydrogen (secondary N) is 1. The predicted octanol–water partition coefficient (Wildman–Crippen LogP) is 5.02. The van der Waals surface area contributed by atoms with Crippen molar-refractivity contribution in [3.05, 3.63) is 62.1 Å². The van der Waals surface area contributed by atoms with E-state index in [1.54, 1.807) is 0 Å². The van der Waals surface area contributed by atoms with Crippen molar-refractivity contribution < 1.29 is 4.74 Å². The van der Waals surface area contributed by atoms with Gasteiger partial charge in [0.25, 0.3) is 0 Å². The minimum atomic E-state index is 0.471. The summed E-state index contributed by atoms with van der Waals surface area (Å²) >= 11 is 9.79. The van der Waals surface area contributed by atoms with E-state index in [1.807, 2.05) is 32.2 Å². The number of hydrogen-bond acceptors (Lipinski definition) is 2. The lowest BCUT2D eigenvalue weighted by Gasteiger charge is -2.15. The number of hydrogen-bond donors (Lipinski definition) is 1. The Balaban J connectivity index is 2.23. The summed E-state index contributed by atoms with van der Waals surface area (Å²) < 4.78 is 7.10. The molecule has 0 heterocycles. The van der Waals surface area contributed by atoms with Crippen LogP contribution in [0.3, 0.4) is 0 Å². The summed E-state index contributed by atoms with van der Waals surface area (Å²) in [6, 6.07) is 10.2. The van der Waals surface area contributed by atoms with Crippen LogP contribution in [0.4, 0.5) is 0 Å². The fourth-order valence-electron chi connectivity index (χ4n) is 2.25. The molecule has 1 N–H and O–H groups in total. The fourth-order valence-corrected chi connectivity index (χ4v) is 3.16. The van der Waals surface area contributed by atoms with Gasteiger partial charge >= 0.3 is 0 Å². The summed E-state index contributed by atoms with van der Waals surface area (Å²) in [5.41, 5.74) is 4.39. The molecule has 0 saturated carbocycles. The van der Waals surface area contributed by atoms with Gasteiger partial charge in [0.15, 0.2) is 0 Å². The molecule has 0 aliphatic carbocycles. The van der Waals surface area contributed by atoms with E-state index in [4.69, 9.17) is 16.3 Å². The average molecular weight is 369 g/mol. The van der Waals surface area contributed by atoms with Crippen molar-refractivity contribution in [3.8, 4) is 5.75 Å². The molecule has 2 rings (SSSR count). The SMILES string of the molecule is CNCc1cc(Br)cc(C)c1OCc1ccc(C)cc1Cl. The zero-order valence-electron chi connectivity index (χ0n) is 12.5. The number of rotatable bonds is 5. The molecule has 112 valence electrons. The van der Waals surface area contributed by atoms with Crippen LogP contribution in [0.15, 0.2) is 34.8 Å². The topological polar surface area (TPSA) is 21.3 Å². The Bertz CT molecular complexity index is 643.